The smallest absolute Gasteiger partial charge is 0.389 e. The van der Waals surface area contributed by atoms with E-state index in [1.54, 1.807) is 0 Å². The molecular weight excluding hydrogens is 287 g/mol. The largest absolute Gasteiger partial charge is 0.481 e. The lowest BCUT2D eigenvalue weighted by Gasteiger charge is -2.32. The molecule has 1 rings (SSSR count). The maximum absolute atomic E-state index is 11.9. The molecule has 2 N–H and O–H groups in total. The number of aliphatic carboxylic acids is 1. The predicted molar refractivity (Wildman–Crippen MR) is 70.7 cm³/mol. The van der Waals surface area contributed by atoms with Crippen LogP contribution in [0.25, 0.3) is 0 Å². The van der Waals surface area contributed by atoms with Gasteiger partial charge in [0.1, 0.15) is 0 Å². The highest BCUT2D eigenvalue weighted by molar-refractivity contribution is 5.85. The van der Waals surface area contributed by atoms with Crippen molar-refractivity contribution in [1.29, 1.82) is 0 Å². The molecule has 4 nitrogen and oxygen atoms in total. The third-order valence-electron chi connectivity index (χ3n) is 3.97. The molecule has 7 heteroatoms. The van der Waals surface area contributed by atoms with Crippen molar-refractivity contribution < 1.29 is 27.9 Å². The fraction of sp³-hybridized carbons (Fsp3) is 0.857. The molecule has 0 bridgehead atoms. The molecule has 122 valence electrons. The maximum atomic E-state index is 11.9. The minimum Gasteiger partial charge on any atom is -0.481 e. The lowest BCUT2D eigenvalue weighted by Crippen LogP contribution is -2.39. The summed E-state index contributed by atoms with van der Waals surface area (Å²) in [5, 5.41) is 11.9. The van der Waals surface area contributed by atoms with Gasteiger partial charge in [-0.2, -0.15) is 13.2 Å². The summed E-state index contributed by atoms with van der Waals surface area (Å²) in [6.07, 6.45) is -1.35. The number of carboxylic acid groups (broad SMARTS) is 1. The van der Waals surface area contributed by atoms with Gasteiger partial charge >= 0.3 is 12.1 Å². The number of carbonyl (C=O) groups excluding carboxylic acids is 1. The first-order valence-corrected chi connectivity index (χ1v) is 7.32. The first-order chi connectivity index (χ1) is 9.75. The molecule has 0 aromatic heterocycles. The van der Waals surface area contributed by atoms with E-state index in [1.165, 1.54) is 0 Å². The molecule has 0 aromatic carbocycles. The molecule has 21 heavy (non-hydrogen) atoms. The van der Waals surface area contributed by atoms with Crippen LogP contribution >= 0.6 is 0 Å². The molecule has 1 fully saturated rings. The fourth-order valence-corrected chi connectivity index (χ4v) is 2.74. The maximum Gasteiger partial charge on any atom is 0.389 e. The summed E-state index contributed by atoms with van der Waals surface area (Å²) in [5.74, 6) is -1.33. The molecule has 0 radical (unpaired) electrons. The fourth-order valence-electron chi connectivity index (χ4n) is 2.74. The molecule has 0 spiro atoms. The summed E-state index contributed by atoms with van der Waals surface area (Å²) in [4.78, 5) is 23.2. The second-order valence-electron chi connectivity index (χ2n) is 5.75. The highest BCUT2D eigenvalue weighted by atomic mass is 19.4. The van der Waals surface area contributed by atoms with Gasteiger partial charge in [0.25, 0.3) is 0 Å². The van der Waals surface area contributed by atoms with Gasteiger partial charge in [0, 0.05) is 19.4 Å². The second-order valence-corrected chi connectivity index (χ2v) is 5.75. The average Bonchev–Trinajstić information content (AvgIpc) is 2.37. The molecule has 1 aliphatic carbocycles. The lowest BCUT2D eigenvalue weighted by atomic mass is 9.71. The third kappa shape index (κ3) is 6.35. The zero-order chi connectivity index (χ0) is 15.9. The van der Waals surface area contributed by atoms with Gasteiger partial charge in [0.2, 0.25) is 5.91 Å². The van der Waals surface area contributed by atoms with E-state index < -0.39 is 24.0 Å². The number of rotatable bonds is 7. The van der Waals surface area contributed by atoms with Crippen molar-refractivity contribution in [3.05, 3.63) is 0 Å². The van der Waals surface area contributed by atoms with E-state index >= 15 is 0 Å². The summed E-state index contributed by atoms with van der Waals surface area (Å²) in [7, 11) is 0. The number of amides is 1. The molecule has 1 saturated carbocycles. The standard InChI is InChI=1S/C14H22F3NO3/c15-14(16,17)8-4-5-9-18-11(19)10-13(12(20)21)6-2-1-3-7-13/h1-10H2,(H,18,19)(H,20,21). The van der Waals surface area contributed by atoms with Crippen LogP contribution in [0, 0.1) is 5.41 Å². The molecule has 0 heterocycles. The zero-order valence-electron chi connectivity index (χ0n) is 12.0. The van der Waals surface area contributed by atoms with Gasteiger partial charge in [-0.25, -0.2) is 0 Å². The van der Waals surface area contributed by atoms with Gasteiger partial charge in [-0.05, 0) is 25.7 Å². The minimum absolute atomic E-state index is 0.0339. The van der Waals surface area contributed by atoms with E-state index in [0.717, 1.165) is 19.3 Å². The highest BCUT2D eigenvalue weighted by Gasteiger charge is 2.41. The van der Waals surface area contributed by atoms with Crippen molar-refractivity contribution in [2.45, 2.75) is 64.0 Å². The van der Waals surface area contributed by atoms with Crippen molar-refractivity contribution in [1.82, 2.24) is 5.32 Å². The van der Waals surface area contributed by atoms with Crippen molar-refractivity contribution in [3.63, 3.8) is 0 Å². The van der Waals surface area contributed by atoms with Gasteiger partial charge in [-0.1, -0.05) is 19.3 Å². The average molecular weight is 309 g/mol. The van der Waals surface area contributed by atoms with Crippen molar-refractivity contribution in [2.24, 2.45) is 5.41 Å². The van der Waals surface area contributed by atoms with Crippen LogP contribution in [-0.2, 0) is 9.59 Å². The molecular formula is C14H22F3NO3. The highest BCUT2D eigenvalue weighted by Crippen LogP contribution is 2.39. The molecule has 0 atom stereocenters. The van der Waals surface area contributed by atoms with E-state index in [4.69, 9.17) is 0 Å². The van der Waals surface area contributed by atoms with Gasteiger partial charge in [0.05, 0.1) is 5.41 Å². The van der Waals surface area contributed by atoms with E-state index in [9.17, 15) is 27.9 Å². The van der Waals surface area contributed by atoms with Crippen LogP contribution in [0.1, 0.15) is 57.8 Å². The van der Waals surface area contributed by atoms with E-state index in [0.29, 0.717) is 12.8 Å². The van der Waals surface area contributed by atoms with Gasteiger partial charge in [-0.3, -0.25) is 9.59 Å². The van der Waals surface area contributed by atoms with E-state index in [1.807, 2.05) is 0 Å². The lowest BCUT2D eigenvalue weighted by molar-refractivity contribution is -0.154. The van der Waals surface area contributed by atoms with Crippen molar-refractivity contribution in [2.75, 3.05) is 6.54 Å². The third-order valence-corrected chi connectivity index (χ3v) is 3.97. The zero-order valence-corrected chi connectivity index (χ0v) is 12.0. The summed E-state index contributed by atoms with van der Waals surface area (Å²) in [6.45, 7) is 0.157. The summed E-state index contributed by atoms with van der Waals surface area (Å²) >= 11 is 0. The van der Waals surface area contributed by atoms with Crippen LogP contribution in [0.3, 0.4) is 0 Å². The Morgan fingerprint density at radius 1 is 1.10 bits per heavy atom. The number of hydrogen-bond donors (Lipinski definition) is 2. The predicted octanol–water partition coefficient (Wildman–Crippen LogP) is 3.26. The Bertz CT molecular complexity index is 363. The Morgan fingerprint density at radius 2 is 1.71 bits per heavy atom. The Labute approximate surface area is 122 Å². The number of carbonyl (C=O) groups is 2. The summed E-state index contributed by atoms with van der Waals surface area (Å²) in [6, 6.07) is 0. The second kappa shape index (κ2) is 7.66. The molecule has 0 aromatic rings. The van der Waals surface area contributed by atoms with E-state index in [2.05, 4.69) is 5.32 Å². The molecule has 0 unspecified atom stereocenters. The van der Waals surface area contributed by atoms with Gasteiger partial charge < -0.3 is 10.4 Å². The SMILES string of the molecule is O=C(CC1(C(=O)O)CCCCC1)NCCCCC(F)(F)F. The van der Waals surface area contributed by atoms with Crippen LogP contribution in [-0.4, -0.2) is 29.7 Å². The number of alkyl halides is 3. The van der Waals surface area contributed by atoms with Crippen LogP contribution in [0.4, 0.5) is 13.2 Å². The Morgan fingerprint density at radius 3 is 2.24 bits per heavy atom. The van der Waals surface area contributed by atoms with Crippen molar-refractivity contribution >= 4 is 11.9 Å². The quantitative estimate of drug-likeness (QED) is 0.709. The first-order valence-electron chi connectivity index (χ1n) is 7.32. The Kier molecular flexibility index (Phi) is 6.48. The van der Waals surface area contributed by atoms with Crippen molar-refractivity contribution in [3.8, 4) is 0 Å². The summed E-state index contributed by atoms with van der Waals surface area (Å²) < 4.78 is 35.8. The summed E-state index contributed by atoms with van der Waals surface area (Å²) in [5.41, 5.74) is -0.992. The number of hydrogen-bond acceptors (Lipinski definition) is 2. The normalized spacial score (nSPS) is 18.2. The number of carboxylic acids is 1. The minimum atomic E-state index is -4.17. The number of unbranched alkanes of at least 4 members (excludes halogenated alkanes) is 1. The van der Waals surface area contributed by atoms with Crippen LogP contribution < -0.4 is 5.32 Å². The Hall–Kier alpha value is -1.27. The Balaban J connectivity index is 2.30. The van der Waals surface area contributed by atoms with Crippen LogP contribution in [0.2, 0.25) is 0 Å². The van der Waals surface area contributed by atoms with Gasteiger partial charge in [-0.15, -0.1) is 0 Å². The van der Waals surface area contributed by atoms with Crippen LogP contribution in [0.15, 0.2) is 0 Å². The topological polar surface area (TPSA) is 66.4 Å². The monoisotopic (exact) mass is 309 g/mol. The number of halogens is 3. The van der Waals surface area contributed by atoms with E-state index in [-0.39, 0.29) is 31.7 Å². The molecule has 0 saturated heterocycles. The molecule has 1 amide bonds. The first kappa shape index (κ1) is 17.8. The molecule has 1 aliphatic rings. The van der Waals surface area contributed by atoms with Gasteiger partial charge in [0.15, 0.2) is 0 Å². The molecule has 0 aliphatic heterocycles. The van der Waals surface area contributed by atoms with Crippen LogP contribution in [0.5, 0.6) is 0 Å². The number of nitrogens with one attached hydrogen (secondary N) is 1.